The summed E-state index contributed by atoms with van der Waals surface area (Å²) in [6.07, 6.45) is 7.31. The summed E-state index contributed by atoms with van der Waals surface area (Å²) in [5, 5.41) is 6.07. The van der Waals surface area contributed by atoms with Crippen LogP contribution in [0.3, 0.4) is 0 Å². The number of amides is 2. The van der Waals surface area contributed by atoms with Gasteiger partial charge in [0.25, 0.3) is 0 Å². The van der Waals surface area contributed by atoms with E-state index in [0.29, 0.717) is 31.8 Å². The second-order valence-corrected chi connectivity index (χ2v) is 6.38. The Morgan fingerprint density at radius 3 is 3.17 bits per heavy atom. The number of nitrogens with one attached hydrogen (secondary N) is 2. The molecule has 2 unspecified atom stereocenters. The minimum Gasteiger partial charge on any atom is -0.467 e. The maximum absolute atomic E-state index is 12.0. The molecule has 128 valence electrons. The largest absolute Gasteiger partial charge is 0.467 e. The average molecular weight is 321 g/mol. The minimum atomic E-state index is -0.0477. The summed E-state index contributed by atoms with van der Waals surface area (Å²) in [7, 11) is 0. The molecule has 6 nitrogen and oxygen atoms in total. The van der Waals surface area contributed by atoms with Gasteiger partial charge in [-0.1, -0.05) is 6.42 Å². The molecule has 0 spiro atoms. The highest BCUT2D eigenvalue weighted by atomic mass is 16.5. The first kappa shape index (κ1) is 16.3. The molecule has 0 bridgehead atoms. The van der Waals surface area contributed by atoms with E-state index in [2.05, 4.69) is 15.5 Å². The Kier molecular flexibility index (Phi) is 5.93. The fraction of sp³-hybridized carbons (Fsp3) is 0.706. The molecule has 0 saturated carbocycles. The average Bonchev–Trinajstić information content (AvgIpc) is 3.21. The summed E-state index contributed by atoms with van der Waals surface area (Å²) < 4.78 is 10.7. The lowest BCUT2D eigenvalue weighted by Gasteiger charge is -2.32. The molecule has 0 radical (unpaired) electrons. The zero-order chi connectivity index (χ0) is 15.9. The molecular weight excluding hydrogens is 294 g/mol. The van der Waals surface area contributed by atoms with Crippen LogP contribution < -0.4 is 10.6 Å². The van der Waals surface area contributed by atoms with Gasteiger partial charge in [-0.15, -0.1) is 0 Å². The minimum absolute atomic E-state index is 0.0477. The number of carbonyl (C=O) groups is 1. The van der Waals surface area contributed by atoms with Crippen molar-refractivity contribution in [2.75, 3.05) is 26.2 Å². The number of rotatable bonds is 7. The molecule has 2 N–H and O–H groups in total. The van der Waals surface area contributed by atoms with Crippen molar-refractivity contribution in [2.24, 2.45) is 0 Å². The fourth-order valence-corrected chi connectivity index (χ4v) is 3.58. The molecule has 3 rings (SSSR count). The van der Waals surface area contributed by atoms with Gasteiger partial charge in [-0.25, -0.2) is 4.79 Å². The molecule has 2 aliphatic rings. The lowest BCUT2D eigenvalue weighted by Crippen LogP contribution is -2.49. The lowest BCUT2D eigenvalue weighted by atomic mass is 9.99. The normalized spacial score (nSPS) is 24.3. The molecule has 1 aromatic rings. The summed E-state index contributed by atoms with van der Waals surface area (Å²) in [5.74, 6) is 0.828. The summed E-state index contributed by atoms with van der Waals surface area (Å²) in [6, 6.07) is 4.55. The van der Waals surface area contributed by atoms with Crippen molar-refractivity contribution < 1.29 is 13.9 Å². The van der Waals surface area contributed by atoms with Crippen molar-refractivity contribution in [3.05, 3.63) is 24.2 Å². The number of furan rings is 1. The molecule has 2 saturated heterocycles. The van der Waals surface area contributed by atoms with Crippen LogP contribution in [0.1, 0.15) is 37.9 Å². The summed E-state index contributed by atoms with van der Waals surface area (Å²) in [4.78, 5) is 14.5. The number of piperidine rings is 1. The molecule has 23 heavy (non-hydrogen) atoms. The zero-order valence-electron chi connectivity index (χ0n) is 13.6. The van der Waals surface area contributed by atoms with Gasteiger partial charge < -0.3 is 19.8 Å². The third-order valence-corrected chi connectivity index (χ3v) is 4.75. The van der Waals surface area contributed by atoms with Crippen molar-refractivity contribution in [1.82, 2.24) is 15.5 Å². The highest BCUT2D eigenvalue weighted by molar-refractivity contribution is 5.74. The van der Waals surface area contributed by atoms with E-state index in [1.54, 1.807) is 6.26 Å². The molecule has 2 amide bonds. The second-order valence-electron chi connectivity index (χ2n) is 6.38. The van der Waals surface area contributed by atoms with E-state index in [1.807, 2.05) is 12.1 Å². The van der Waals surface area contributed by atoms with Gasteiger partial charge >= 0.3 is 6.03 Å². The summed E-state index contributed by atoms with van der Waals surface area (Å²) in [6.45, 7) is 4.04. The van der Waals surface area contributed by atoms with Gasteiger partial charge in [0.1, 0.15) is 12.4 Å². The smallest absolute Gasteiger partial charge is 0.315 e. The molecular formula is C17H27N3O3. The molecule has 1 aromatic heterocycles. The predicted octanol–water partition coefficient (Wildman–Crippen LogP) is 2.11. The van der Waals surface area contributed by atoms with Gasteiger partial charge in [-0.2, -0.15) is 0 Å². The van der Waals surface area contributed by atoms with E-state index < -0.39 is 0 Å². The summed E-state index contributed by atoms with van der Waals surface area (Å²) in [5.41, 5.74) is 0. The highest BCUT2D eigenvalue weighted by Crippen LogP contribution is 2.26. The maximum atomic E-state index is 12.0. The third-order valence-electron chi connectivity index (χ3n) is 4.75. The Bertz CT molecular complexity index is 477. The predicted molar refractivity (Wildman–Crippen MR) is 87.1 cm³/mol. The fourth-order valence-electron chi connectivity index (χ4n) is 3.58. The number of ether oxygens (including phenoxy) is 1. The van der Waals surface area contributed by atoms with Crippen molar-refractivity contribution >= 4 is 6.03 Å². The monoisotopic (exact) mass is 321 g/mol. The first-order chi connectivity index (χ1) is 11.3. The van der Waals surface area contributed by atoms with Crippen LogP contribution in [0.2, 0.25) is 0 Å². The molecule has 0 aromatic carbocycles. The van der Waals surface area contributed by atoms with E-state index >= 15 is 0 Å². The van der Waals surface area contributed by atoms with E-state index in [9.17, 15) is 4.79 Å². The van der Waals surface area contributed by atoms with Crippen molar-refractivity contribution in [3.8, 4) is 0 Å². The molecule has 3 heterocycles. The zero-order valence-corrected chi connectivity index (χ0v) is 13.6. The second kappa shape index (κ2) is 8.36. The number of hydrogen-bond acceptors (Lipinski definition) is 4. The first-order valence-electron chi connectivity index (χ1n) is 8.71. The van der Waals surface area contributed by atoms with E-state index in [-0.39, 0.29) is 6.03 Å². The Labute approximate surface area is 137 Å². The van der Waals surface area contributed by atoms with Crippen molar-refractivity contribution in [3.63, 3.8) is 0 Å². The Balaban J connectivity index is 1.25. The Morgan fingerprint density at radius 2 is 2.30 bits per heavy atom. The highest BCUT2D eigenvalue weighted by Gasteiger charge is 2.36. The van der Waals surface area contributed by atoms with Crippen LogP contribution in [-0.2, 0) is 11.3 Å². The van der Waals surface area contributed by atoms with Gasteiger partial charge in [0.15, 0.2) is 0 Å². The van der Waals surface area contributed by atoms with Gasteiger partial charge in [0.2, 0.25) is 0 Å². The van der Waals surface area contributed by atoms with Gasteiger partial charge in [0.05, 0.1) is 6.26 Å². The molecule has 0 aliphatic carbocycles. The Morgan fingerprint density at radius 1 is 1.35 bits per heavy atom. The van der Waals surface area contributed by atoms with Crippen LogP contribution in [0.25, 0.3) is 0 Å². The van der Waals surface area contributed by atoms with E-state index in [0.717, 1.165) is 25.1 Å². The van der Waals surface area contributed by atoms with E-state index in [1.165, 1.54) is 25.8 Å². The topological polar surface area (TPSA) is 66.7 Å². The molecule has 2 fully saturated rings. The van der Waals surface area contributed by atoms with Crippen LogP contribution in [0.15, 0.2) is 22.8 Å². The quantitative estimate of drug-likeness (QED) is 0.755. The number of urea groups is 1. The standard InChI is InChI=1S/C17H27N3O3/c21-17(18-8-4-11-22-13-14-5-3-12-23-14)19-15-7-10-20-9-2-1-6-16(15)20/h3,5,12,15-16H,1-2,4,6-11,13H2,(H2,18,19,21). The van der Waals surface area contributed by atoms with Crippen LogP contribution in [-0.4, -0.2) is 49.3 Å². The van der Waals surface area contributed by atoms with Crippen LogP contribution in [0.4, 0.5) is 4.79 Å². The van der Waals surface area contributed by atoms with Gasteiger partial charge in [-0.05, 0) is 44.4 Å². The summed E-state index contributed by atoms with van der Waals surface area (Å²) >= 11 is 0. The number of fused-ring (bicyclic) bond motifs is 1. The number of nitrogens with zero attached hydrogens (tertiary/aromatic N) is 1. The number of hydrogen-bond donors (Lipinski definition) is 2. The van der Waals surface area contributed by atoms with Crippen LogP contribution in [0.5, 0.6) is 0 Å². The molecule has 2 atom stereocenters. The number of carbonyl (C=O) groups excluding carboxylic acids is 1. The van der Waals surface area contributed by atoms with Gasteiger partial charge in [-0.3, -0.25) is 4.90 Å². The SMILES string of the molecule is O=C(NCCCOCc1ccco1)NC1CCN2CCCCC12. The third kappa shape index (κ3) is 4.72. The molecule has 2 aliphatic heterocycles. The maximum Gasteiger partial charge on any atom is 0.315 e. The van der Waals surface area contributed by atoms with Crippen molar-refractivity contribution in [2.45, 2.75) is 50.8 Å². The van der Waals surface area contributed by atoms with Crippen molar-refractivity contribution in [1.29, 1.82) is 0 Å². The Hall–Kier alpha value is -1.53. The van der Waals surface area contributed by atoms with E-state index in [4.69, 9.17) is 9.15 Å². The van der Waals surface area contributed by atoms with Crippen LogP contribution in [0, 0.1) is 0 Å². The lowest BCUT2D eigenvalue weighted by molar-refractivity contribution is 0.104. The van der Waals surface area contributed by atoms with Crippen LogP contribution >= 0.6 is 0 Å². The molecule has 6 heteroatoms. The van der Waals surface area contributed by atoms with Gasteiger partial charge in [0, 0.05) is 31.8 Å². The first-order valence-corrected chi connectivity index (χ1v) is 8.71.